The molecule has 1 aromatic carbocycles. The molecule has 0 saturated heterocycles. The Morgan fingerprint density at radius 2 is 1.57 bits per heavy atom. The summed E-state index contributed by atoms with van der Waals surface area (Å²) in [6.45, 7) is 1.45. The highest BCUT2D eigenvalue weighted by Gasteiger charge is 2.31. The van der Waals surface area contributed by atoms with Gasteiger partial charge >= 0.3 is 0 Å². The van der Waals surface area contributed by atoms with Crippen LogP contribution in [0.4, 0.5) is 11.5 Å². The quantitative estimate of drug-likeness (QED) is 0.0538. The Labute approximate surface area is 325 Å². The molecule has 1 N–H and O–H groups in total. The zero-order valence-electron chi connectivity index (χ0n) is 30.5. The first kappa shape index (κ1) is 37.4. The van der Waals surface area contributed by atoms with Crippen molar-refractivity contribution in [2.24, 2.45) is 21.9 Å². The number of carbonyl (C=O) groups excluding carboxylic acids is 2. The van der Waals surface area contributed by atoms with E-state index in [0.717, 1.165) is 81.6 Å². The first-order chi connectivity index (χ1) is 26.1. The normalized spacial score (nSPS) is 16.8. The van der Waals surface area contributed by atoms with E-state index in [9.17, 15) is 9.59 Å². The second-order valence-corrected chi connectivity index (χ2v) is 16.4. The predicted octanol–water partition coefficient (Wildman–Crippen LogP) is 7.18. The number of azide groups is 1. The summed E-state index contributed by atoms with van der Waals surface area (Å²) in [5.74, 6) is 1.93. The van der Waals surface area contributed by atoms with Crippen molar-refractivity contribution >= 4 is 84.2 Å². The van der Waals surface area contributed by atoms with E-state index in [1.54, 1.807) is 38.8 Å². The minimum absolute atomic E-state index is 0.0105. The molecule has 2 amide bonds. The van der Waals surface area contributed by atoms with Crippen LogP contribution in [0.3, 0.4) is 0 Å². The number of anilines is 2. The molecule has 1 aliphatic heterocycles. The molecule has 5 heterocycles. The van der Waals surface area contributed by atoms with Gasteiger partial charge in [-0.25, -0.2) is 19.9 Å². The molecule has 280 valence electrons. The number of hydrogen-bond donors (Lipinski definition) is 1. The van der Waals surface area contributed by atoms with Crippen LogP contribution in [0.2, 0.25) is 5.15 Å². The number of aliphatic imine (C=N–C) groups is 1. The topological polar surface area (TPSA) is 175 Å². The molecule has 0 fully saturated rings. The Balaban J connectivity index is 0.000000199. The van der Waals surface area contributed by atoms with E-state index in [4.69, 9.17) is 21.9 Å². The molecule has 4 aromatic heterocycles. The number of fused-ring (bicyclic) bond motifs is 7. The van der Waals surface area contributed by atoms with Gasteiger partial charge in [0.2, 0.25) is 11.8 Å². The zero-order chi connectivity index (χ0) is 37.9. The van der Waals surface area contributed by atoms with Crippen LogP contribution in [-0.4, -0.2) is 89.1 Å². The van der Waals surface area contributed by atoms with Crippen LogP contribution in [0, 0.1) is 11.8 Å². The number of ether oxygens (including phenoxy) is 1. The number of aryl methyl sites for hydroxylation is 2. The van der Waals surface area contributed by atoms with Crippen molar-refractivity contribution in [3.05, 3.63) is 72.4 Å². The summed E-state index contributed by atoms with van der Waals surface area (Å²) in [6, 6.07) is 4.05. The number of aromatic nitrogens is 4. The largest absolute Gasteiger partial charge is 0.491 e. The molecule has 2 atom stereocenters. The summed E-state index contributed by atoms with van der Waals surface area (Å²) in [7, 11) is 7.25. The SMILES string of the molecule is CN(C)C(=O)[C@H]1CCc2c(sc3ncnc(Cl)c23)C1.CN(C)C(=O)[C@H]1CCc2c(sc3ncnc(Nc4cc5c(cc4OCCCN=[N+]=[N-])CN=C5)c23)C1. The smallest absolute Gasteiger partial charge is 0.225 e. The van der Waals surface area contributed by atoms with Crippen LogP contribution in [0.15, 0.2) is 34.9 Å². The number of halogens is 1. The Kier molecular flexibility index (Phi) is 11.2. The third kappa shape index (κ3) is 7.69. The van der Waals surface area contributed by atoms with Gasteiger partial charge in [0.05, 0.1) is 29.6 Å². The van der Waals surface area contributed by atoms with E-state index in [2.05, 4.69) is 40.3 Å². The van der Waals surface area contributed by atoms with Gasteiger partial charge in [0, 0.05) is 67.5 Å². The number of amides is 2. The molecular weight excluding hydrogens is 746 g/mol. The summed E-state index contributed by atoms with van der Waals surface area (Å²) >= 11 is 9.45. The van der Waals surface area contributed by atoms with Gasteiger partial charge in [-0.05, 0) is 84.9 Å². The van der Waals surface area contributed by atoms with Crippen LogP contribution in [0.1, 0.15) is 51.3 Å². The molecule has 0 bridgehead atoms. The fraction of sp³-hybridized carbons (Fsp3) is 0.432. The van der Waals surface area contributed by atoms with Crippen LogP contribution in [0.5, 0.6) is 5.75 Å². The highest BCUT2D eigenvalue weighted by atomic mass is 35.5. The third-order valence-corrected chi connectivity index (χ3v) is 12.5. The standard InChI is InChI=1S/C24H26N8O2S.C13H14ClN3OS/c1-32(2)24(33)14-4-5-17-20(10-14)35-23-21(17)22(27-13-28-23)30-18-8-15-11-26-12-16(15)9-19(18)34-7-3-6-29-31-25;1-17(2)13(18)7-3-4-8-9(5-7)19-12-10(8)11(14)15-6-16-12/h8-9,11,13-14H,3-7,10,12H2,1-2H3,(H,27,28,30);6-7H,3-5H2,1-2H3/t14-;7-/m00/s1. The van der Waals surface area contributed by atoms with Crippen molar-refractivity contribution in [2.45, 2.75) is 51.5 Å². The van der Waals surface area contributed by atoms with Crippen molar-refractivity contribution < 1.29 is 14.3 Å². The monoisotopic (exact) mass is 785 g/mol. The minimum Gasteiger partial charge on any atom is -0.491 e. The first-order valence-electron chi connectivity index (χ1n) is 17.8. The van der Waals surface area contributed by atoms with Crippen LogP contribution in [-0.2, 0) is 41.8 Å². The third-order valence-electron chi connectivity index (χ3n) is 9.93. The molecule has 0 saturated carbocycles. The van der Waals surface area contributed by atoms with Gasteiger partial charge in [0.15, 0.2) is 0 Å². The van der Waals surface area contributed by atoms with Gasteiger partial charge in [-0.1, -0.05) is 16.7 Å². The minimum atomic E-state index is 0.0105. The average molecular weight is 786 g/mol. The molecular formula is C37H40ClN11O3S2. The lowest BCUT2D eigenvalue weighted by atomic mass is 9.87. The lowest BCUT2D eigenvalue weighted by Gasteiger charge is -2.24. The van der Waals surface area contributed by atoms with Gasteiger partial charge in [-0.15, -0.1) is 22.7 Å². The second kappa shape index (κ2) is 16.2. The van der Waals surface area contributed by atoms with Crippen molar-refractivity contribution in [1.29, 1.82) is 0 Å². The Morgan fingerprint density at radius 1 is 0.944 bits per heavy atom. The van der Waals surface area contributed by atoms with Gasteiger partial charge in [0.1, 0.15) is 39.0 Å². The summed E-state index contributed by atoms with van der Waals surface area (Å²) in [5, 5.41) is 9.60. The highest BCUT2D eigenvalue weighted by Crippen LogP contribution is 2.43. The summed E-state index contributed by atoms with van der Waals surface area (Å²) < 4.78 is 6.07. The maximum atomic E-state index is 12.5. The fourth-order valence-electron chi connectivity index (χ4n) is 7.27. The predicted molar refractivity (Wildman–Crippen MR) is 213 cm³/mol. The van der Waals surface area contributed by atoms with E-state index >= 15 is 0 Å². The fourth-order valence-corrected chi connectivity index (χ4v) is 10.1. The van der Waals surface area contributed by atoms with Crippen LogP contribution < -0.4 is 10.1 Å². The average Bonchev–Trinajstić information content (AvgIpc) is 3.89. The lowest BCUT2D eigenvalue weighted by Crippen LogP contribution is -2.32. The lowest BCUT2D eigenvalue weighted by molar-refractivity contribution is -0.134. The number of thiophene rings is 2. The zero-order valence-corrected chi connectivity index (χ0v) is 32.9. The van der Waals surface area contributed by atoms with Gasteiger partial charge in [-0.2, -0.15) is 0 Å². The molecule has 8 rings (SSSR count). The van der Waals surface area contributed by atoms with Gasteiger partial charge < -0.3 is 19.9 Å². The van der Waals surface area contributed by atoms with E-state index in [1.807, 2.05) is 46.5 Å². The summed E-state index contributed by atoms with van der Waals surface area (Å²) in [6.07, 6.45) is 10.5. The number of nitrogens with zero attached hydrogens (tertiary/aromatic N) is 10. The number of carbonyl (C=O) groups is 2. The maximum Gasteiger partial charge on any atom is 0.225 e. The Hall–Kier alpha value is -4.89. The van der Waals surface area contributed by atoms with E-state index < -0.39 is 0 Å². The molecule has 17 heteroatoms. The Morgan fingerprint density at radius 3 is 2.22 bits per heavy atom. The number of rotatable bonds is 9. The summed E-state index contributed by atoms with van der Waals surface area (Å²) in [5.41, 5.74) is 13.9. The highest BCUT2D eigenvalue weighted by molar-refractivity contribution is 7.19. The molecule has 14 nitrogen and oxygen atoms in total. The molecule has 0 unspecified atom stereocenters. The van der Waals surface area contributed by atoms with Gasteiger partial charge in [0.25, 0.3) is 0 Å². The van der Waals surface area contributed by atoms with Crippen LogP contribution in [0.25, 0.3) is 30.9 Å². The van der Waals surface area contributed by atoms with Crippen LogP contribution >= 0.6 is 34.3 Å². The molecule has 3 aliphatic rings. The molecule has 2 aliphatic carbocycles. The van der Waals surface area contributed by atoms with Crippen molar-refractivity contribution in [2.75, 3.05) is 46.7 Å². The van der Waals surface area contributed by atoms with Crippen molar-refractivity contribution in [3.8, 4) is 5.75 Å². The Bertz CT molecular complexity index is 2320. The maximum absolute atomic E-state index is 12.5. The number of nitrogens with one attached hydrogen (secondary N) is 1. The van der Waals surface area contributed by atoms with E-state index in [-0.39, 0.29) is 23.7 Å². The van der Waals surface area contributed by atoms with E-state index in [1.165, 1.54) is 27.2 Å². The van der Waals surface area contributed by atoms with Gasteiger partial charge in [-0.3, -0.25) is 14.6 Å². The molecule has 0 radical (unpaired) electrons. The number of benzene rings is 1. The van der Waals surface area contributed by atoms with Crippen molar-refractivity contribution in [1.82, 2.24) is 29.7 Å². The van der Waals surface area contributed by atoms with E-state index in [0.29, 0.717) is 37.0 Å². The summed E-state index contributed by atoms with van der Waals surface area (Å²) in [4.78, 5) is 56.9. The number of hydrogen-bond acceptors (Lipinski definition) is 12. The first-order valence-corrected chi connectivity index (χ1v) is 19.8. The molecule has 5 aromatic rings. The molecule has 54 heavy (non-hydrogen) atoms. The second-order valence-electron chi connectivity index (χ2n) is 13.9. The molecule has 0 spiro atoms. The van der Waals surface area contributed by atoms with Crippen molar-refractivity contribution in [3.63, 3.8) is 0 Å².